The van der Waals surface area contributed by atoms with Crippen LogP contribution in [0.4, 0.5) is 17.3 Å². The summed E-state index contributed by atoms with van der Waals surface area (Å²) in [6.07, 6.45) is 6.69. The van der Waals surface area contributed by atoms with E-state index in [-0.39, 0.29) is 51.4 Å². The molecule has 1 radical (unpaired) electrons. The van der Waals surface area contributed by atoms with Crippen LogP contribution >= 0.6 is 0 Å². The molecule has 0 atom stereocenters. The molecule has 69 valence electrons. The van der Waals surface area contributed by atoms with E-state index in [4.69, 9.17) is 6.42 Å². The Hall–Kier alpha value is 0.201. The molecule has 0 saturated carbocycles. The number of hydrogen-bond donors (Lipinski definition) is 0. The van der Waals surface area contributed by atoms with Gasteiger partial charge in [-0.1, -0.05) is 24.1 Å². The SMILES string of the molecule is F[B-](F)(F)F.[C]#Cc1ccccc1.[K+]. The molecule has 0 heterocycles. The van der Waals surface area contributed by atoms with Gasteiger partial charge in [-0.25, -0.2) is 0 Å². The topological polar surface area (TPSA) is 0 Å². The normalized spacial score (nSPS) is 8.79. The van der Waals surface area contributed by atoms with Crippen molar-refractivity contribution in [2.75, 3.05) is 0 Å². The number of benzene rings is 1. The third-order valence-corrected chi connectivity index (χ3v) is 0.918. The summed E-state index contributed by atoms with van der Waals surface area (Å²) in [4.78, 5) is 0. The van der Waals surface area contributed by atoms with Crippen LogP contribution in [0.3, 0.4) is 0 Å². The molecule has 1 aromatic rings. The molecule has 14 heavy (non-hydrogen) atoms. The first-order valence-corrected chi connectivity index (χ1v) is 3.28. The van der Waals surface area contributed by atoms with Crippen LogP contribution in [0.5, 0.6) is 0 Å². The Balaban J connectivity index is 0. The molecule has 0 unspecified atom stereocenters. The van der Waals surface area contributed by atoms with Gasteiger partial charge in [0.25, 0.3) is 0 Å². The van der Waals surface area contributed by atoms with Gasteiger partial charge in [-0.3, -0.25) is 0 Å². The number of halogens is 4. The summed E-state index contributed by atoms with van der Waals surface area (Å²) in [6, 6.07) is 9.37. The molecule has 0 nitrogen and oxygen atoms in total. The molecule has 1 aromatic carbocycles. The van der Waals surface area contributed by atoms with E-state index >= 15 is 0 Å². The van der Waals surface area contributed by atoms with Gasteiger partial charge in [-0.2, -0.15) is 0 Å². The van der Waals surface area contributed by atoms with Crippen LogP contribution in [0.15, 0.2) is 30.3 Å². The van der Waals surface area contributed by atoms with Crippen molar-refractivity contribution in [2.24, 2.45) is 0 Å². The predicted octanol–water partition coefficient (Wildman–Crippen LogP) is -0.0715. The maximum absolute atomic E-state index is 9.75. The maximum atomic E-state index is 9.75. The van der Waals surface area contributed by atoms with E-state index in [9.17, 15) is 17.3 Å². The van der Waals surface area contributed by atoms with Gasteiger partial charge in [-0.05, 0) is 18.6 Å². The summed E-state index contributed by atoms with van der Waals surface area (Å²) >= 11 is 0. The second-order valence-corrected chi connectivity index (χ2v) is 1.99. The molecule has 6 heteroatoms. The minimum atomic E-state index is -6.00. The van der Waals surface area contributed by atoms with E-state index in [1.54, 1.807) is 0 Å². The molecule has 1 rings (SSSR count). The van der Waals surface area contributed by atoms with E-state index in [2.05, 4.69) is 5.92 Å². The summed E-state index contributed by atoms with van der Waals surface area (Å²) < 4.78 is 39.0. The Morgan fingerprint density at radius 1 is 1.00 bits per heavy atom. The van der Waals surface area contributed by atoms with Gasteiger partial charge in [0.05, 0.1) is 0 Å². The Morgan fingerprint density at radius 3 is 1.57 bits per heavy atom. The largest absolute Gasteiger partial charge is 1.00 e. The van der Waals surface area contributed by atoms with Crippen LogP contribution in [0.2, 0.25) is 0 Å². The summed E-state index contributed by atoms with van der Waals surface area (Å²) in [5, 5.41) is 0. The molecule has 0 aromatic heterocycles. The van der Waals surface area contributed by atoms with Crippen LogP contribution in [-0.2, 0) is 0 Å². The second-order valence-electron chi connectivity index (χ2n) is 1.99. The van der Waals surface area contributed by atoms with E-state index in [0.717, 1.165) is 5.56 Å². The first kappa shape index (κ1) is 16.6. The van der Waals surface area contributed by atoms with Gasteiger partial charge < -0.3 is 17.3 Å². The second kappa shape index (κ2) is 8.50. The Bertz CT molecular complexity index is 272. The van der Waals surface area contributed by atoms with Crippen molar-refractivity contribution >= 4 is 7.25 Å². The molecule has 0 amide bonds. The predicted molar refractivity (Wildman–Crippen MR) is 42.9 cm³/mol. The Kier molecular flexibility index (Phi) is 10.1. The van der Waals surface area contributed by atoms with Gasteiger partial charge in [-0.15, -0.1) is 0 Å². The zero-order valence-corrected chi connectivity index (χ0v) is 10.6. The zero-order chi connectivity index (χ0) is 10.3. The van der Waals surface area contributed by atoms with Crippen molar-refractivity contribution < 1.29 is 68.6 Å². The smallest absolute Gasteiger partial charge is 0.418 e. The first-order chi connectivity index (χ1) is 5.93. The number of rotatable bonds is 0. The first-order valence-electron chi connectivity index (χ1n) is 3.28. The molecule has 0 N–H and O–H groups in total. The van der Waals surface area contributed by atoms with Crippen molar-refractivity contribution in [3.63, 3.8) is 0 Å². The van der Waals surface area contributed by atoms with Crippen molar-refractivity contribution in [3.05, 3.63) is 42.3 Å². The van der Waals surface area contributed by atoms with Crippen molar-refractivity contribution in [1.29, 1.82) is 0 Å². The minimum absolute atomic E-state index is 0. The average Bonchev–Trinajstić information content (AvgIpc) is 2.03. The quantitative estimate of drug-likeness (QED) is 0.330. The van der Waals surface area contributed by atoms with Crippen LogP contribution in [0, 0.1) is 12.3 Å². The van der Waals surface area contributed by atoms with E-state index in [1.165, 1.54) is 0 Å². The average molecular weight is 227 g/mol. The number of hydrogen-bond acceptors (Lipinski definition) is 0. The summed E-state index contributed by atoms with van der Waals surface area (Å²) in [6.45, 7) is 0. The molecule has 0 aliphatic rings. The van der Waals surface area contributed by atoms with Crippen LogP contribution in [0.1, 0.15) is 5.56 Å². The summed E-state index contributed by atoms with van der Waals surface area (Å²) in [5.41, 5.74) is 0.826. The van der Waals surface area contributed by atoms with Gasteiger partial charge in [0.2, 0.25) is 0 Å². The van der Waals surface area contributed by atoms with Gasteiger partial charge >= 0.3 is 58.6 Å². The zero-order valence-electron chi connectivity index (χ0n) is 7.48. The van der Waals surface area contributed by atoms with Gasteiger partial charge in [0.1, 0.15) is 0 Å². The Labute approximate surface area is 123 Å². The molecule has 0 saturated heterocycles. The molecular formula is C8H5BF4K. The van der Waals surface area contributed by atoms with Crippen LogP contribution < -0.4 is 51.4 Å². The Morgan fingerprint density at radius 2 is 1.36 bits per heavy atom. The molecule has 0 aliphatic carbocycles. The fourth-order valence-corrected chi connectivity index (χ4v) is 0.521. The van der Waals surface area contributed by atoms with Crippen LogP contribution in [0.25, 0.3) is 0 Å². The minimum Gasteiger partial charge on any atom is -0.418 e. The fraction of sp³-hybridized carbons (Fsp3) is 0. The molecule has 0 bridgehead atoms. The van der Waals surface area contributed by atoms with Gasteiger partial charge in [0.15, 0.2) is 0 Å². The fourth-order valence-electron chi connectivity index (χ4n) is 0.521. The standard InChI is InChI=1S/C8H5.BF4.K/c1-2-8-6-4-3-5-7-8;2-1(3,4)5;/h3-7H;;/q;-1;+1. The monoisotopic (exact) mass is 227 g/mol. The third kappa shape index (κ3) is 14.7. The molecule has 0 fully saturated rings. The third-order valence-electron chi connectivity index (χ3n) is 0.918. The molecular weight excluding hydrogens is 222 g/mol. The van der Waals surface area contributed by atoms with Crippen LogP contribution in [-0.4, -0.2) is 7.25 Å². The summed E-state index contributed by atoms with van der Waals surface area (Å²) in [7, 11) is -6.00. The molecule has 0 spiro atoms. The van der Waals surface area contributed by atoms with Crippen molar-refractivity contribution in [2.45, 2.75) is 0 Å². The van der Waals surface area contributed by atoms with E-state index in [0.29, 0.717) is 0 Å². The van der Waals surface area contributed by atoms with E-state index in [1.807, 2.05) is 30.3 Å². The maximum Gasteiger partial charge on any atom is 1.00 e. The summed E-state index contributed by atoms with van der Waals surface area (Å²) in [5.74, 6) is 2.28. The molecule has 0 aliphatic heterocycles. The van der Waals surface area contributed by atoms with Crippen molar-refractivity contribution in [3.8, 4) is 5.92 Å². The van der Waals surface area contributed by atoms with E-state index < -0.39 is 7.25 Å². The van der Waals surface area contributed by atoms with Crippen molar-refractivity contribution in [1.82, 2.24) is 0 Å². The van der Waals surface area contributed by atoms with Gasteiger partial charge in [0, 0.05) is 5.56 Å².